The van der Waals surface area contributed by atoms with Crippen LogP contribution in [0.2, 0.25) is 0 Å². The highest BCUT2D eigenvalue weighted by molar-refractivity contribution is 9.10. The van der Waals surface area contributed by atoms with E-state index in [9.17, 15) is 4.79 Å². The quantitative estimate of drug-likeness (QED) is 0.791. The van der Waals surface area contributed by atoms with Crippen molar-refractivity contribution in [3.63, 3.8) is 0 Å². The lowest BCUT2D eigenvalue weighted by molar-refractivity contribution is -0.136. The highest BCUT2D eigenvalue weighted by Crippen LogP contribution is 2.25. The summed E-state index contributed by atoms with van der Waals surface area (Å²) in [5, 5.41) is 8.55. The van der Waals surface area contributed by atoms with Crippen molar-refractivity contribution in [3.05, 3.63) is 46.6 Å². The van der Waals surface area contributed by atoms with Crippen molar-refractivity contribution in [3.8, 4) is 11.3 Å². The number of benzene rings is 1. The third kappa shape index (κ3) is 4.44. The van der Waals surface area contributed by atoms with Gasteiger partial charge in [0, 0.05) is 15.8 Å². The van der Waals surface area contributed by atoms with Gasteiger partial charge in [-0.05, 0) is 24.3 Å². The number of thioether (sulfide) groups is 1. The molecule has 0 spiro atoms. The first kappa shape index (κ1) is 14.2. The summed E-state index contributed by atoms with van der Waals surface area (Å²) in [6.07, 6.45) is 0.185. The highest BCUT2D eigenvalue weighted by Gasteiger charge is 2.05. The van der Waals surface area contributed by atoms with Gasteiger partial charge in [0.1, 0.15) is 11.5 Å². The van der Waals surface area contributed by atoms with Gasteiger partial charge in [0.2, 0.25) is 0 Å². The minimum Gasteiger partial charge on any atom is -0.481 e. The smallest absolute Gasteiger partial charge is 0.304 e. The molecule has 0 radical (unpaired) electrons. The monoisotopic (exact) mass is 340 g/mol. The lowest BCUT2D eigenvalue weighted by Crippen LogP contribution is -1.95. The number of aliphatic carboxylic acids is 1. The van der Waals surface area contributed by atoms with Gasteiger partial charge in [0.15, 0.2) is 0 Å². The number of carboxylic acid groups (broad SMARTS) is 1. The van der Waals surface area contributed by atoms with Gasteiger partial charge in [-0.2, -0.15) is 11.8 Å². The lowest BCUT2D eigenvalue weighted by Gasteiger charge is -1.98. The van der Waals surface area contributed by atoms with Crippen LogP contribution in [-0.2, 0) is 10.5 Å². The highest BCUT2D eigenvalue weighted by atomic mass is 79.9. The first-order valence-electron chi connectivity index (χ1n) is 5.79. The topological polar surface area (TPSA) is 50.4 Å². The summed E-state index contributed by atoms with van der Waals surface area (Å²) >= 11 is 4.96. The minimum absolute atomic E-state index is 0.185. The number of hydrogen-bond acceptors (Lipinski definition) is 3. The fraction of sp³-hybridized carbons (Fsp3) is 0.214. The van der Waals surface area contributed by atoms with Crippen molar-refractivity contribution in [2.24, 2.45) is 0 Å². The Hall–Kier alpha value is -1.20. The van der Waals surface area contributed by atoms with Crippen molar-refractivity contribution in [2.75, 3.05) is 5.75 Å². The molecule has 0 saturated carbocycles. The standard InChI is InChI=1S/C14H13BrO3S/c15-11-3-1-10(2-4-11)13-6-5-12(18-13)9-19-8-7-14(16)17/h1-6H,7-9H2,(H,16,17). The molecule has 0 aliphatic rings. The van der Waals surface area contributed by atoms with Crippen LogP contribution in [0.15, 0.2) is 45.3 Å². The SMILES string of the molecule is O=C(O)CCSCc1ccc(-c2ccc(Br)cc2)o1. The molecule has 3 nitrogen and oxygen atoms in total. The molecule has 2 aromatic rings. The summed E-state index contributed by atoms with van der Waals surface area (Å²) < 4.78 is 6.77. The van der Waals surface area contributed by atoms with E-state index < -0.39 is 5.97 Å². The molecule has 1 N–H and O–H groups in total. The van der Waals surface area contributed by atoms with E-state index in [1.165, 1.54) is 0 Å². The van der Waals surface area contributed by atoms with E-state index in [4.69, 9.17) is 9.52 Å². The van der Waals surface area contributed by atoms with Gasteiger partial charge < -0.3 is 9.52 Å². The molecule has 1 aromatic carbocycles. The van der Waals surface area contributed by atoms with Crippen LogP contribution < -0.4 is 0 Å². The first-order chi connectivity index (χ1) is 9.15. The van der Waals surface area contributed by atoms with E-state index in [0.29, 0.717) is 11.5 Å². The summed E-state index contributed by atoms with van der Waals surface area (Å²) in [4.78, 5) is 10.4. The molecule has 0 bridgehead atoms. The van der Waals surface area contributed by atoms with Crippen LogP contribution in [0.3, 0.4) is 0 Å². The van der Waals surface area contributed by atoms with E-state index in [2.05, 4.69) is 15.9 Å². The van der Waals surface area contributed by atoms with E-state index >= 15 is 0 Å². The Balaban J connectivity index is 1.91. The van der Waals surface area contributed by atoms with Crippen molar-refractivity contribution < 1.29 is 14.3 Å². The maximum Gasteiger partial charge on any atom is 0.304 e. The molecule has 0 fully saturated rings. The van der Waals surface area contributed by atoms with Crippen molar-refractivity contribution in [1.82, 2.24) is 0 Å². The fourth-order valence-corrected chi connectivity index (χ4v) is 2.64. The van der Waals surface area contributed by atoms with Crippen molar-refractivity contribution >= 4 is 33.7 Å². The van der Waals surface area contributed by atoms with E-state index in [-0.39, 0.29) is 6.42 Å². The maximum atomic E-state index is 10.4. The Kier molecular flexibility index (Phi) is 5.10. The molecule has 5 heteroatoms. The predicted octanol–water partition coefficient (Wildman–Crippen LogP) is 4.42. The summed E-state index contributed by atoms with van der Waals surface area (Å²) in [6, 6.07) is 11.8. The molecule has 19 heavy (non-hydrogen) atoms. The second-order valence-electron chi connectivity index (χ2n) is 3.97. The zero-order valence-electron chi connectivity index (χ0n) is 10.1. The van der Waals surface area contributed by atoms with Gasteiger partial charge >= 0.3 is 5.97 Å². The molecule has 0 aliphatic carbocycles. The lowest BCUT2D eigenvalue weighted by atomic mass is 10.2. The molecule has 2 rings (SSSR count). The number of rotatable bonds is 6. The summed E-state index contributed by atoms with van der Waals surface area (Å²) in [7, 11) is 0. The summed E-state index contributed by atoms with van der Waals surface area (Å²) in [6.45, 7) is 0. The Morgan fingerprint density at radius 3 is 2.63 bits per heavy atom. The van der Waals surface area contributed by atoms with Gasteiger partial charge in [-0.1, -0.05) is 28.1 Å². The molecule has 0 saturated heterocycles. The average molecular weight is 341 g/mol. The zero-order chi connectivity index (χ0) is 13.7. The van der Waals surface area contributed by atoms with Gasteiger partial charge in [0.05, 0.1) is 12.2 Å². The molecule has 0 aliphatic heterocycles. The van der Waals surface area contributed by atoms with Crippen LogP contribution in [-0.4, -0.2) is 16.8 Å². The first-order valence-corrected chi connectivity index (χ1v) is 7.74. The molecule has 100 valence electrons. The van der Waals surface area contributed by atoms with Crippen LogP contribution in [0.5, 0.6) is 0 Å². The number of hydrogen-bond donors (Lipinski definition) is 1. The Morgan fingerprint density at radius 2 is 1.95 bits per heavy atom. The average Bonchev–Trinajstić information content (AvgIpc) is 2.84. The zero-order valence-corrected chi connectivity index (χ0v) is 12.5. The largest absolute Gasteiger partial charge is 0.481 e. The summed E-state index contributed by atoms with van der Waals surface area (Å²) in [5.41, 5.74) is 1.03. The maximum absolute atomic E-state index is 10.4. The van der Waals surface area contributed by atoms with Gasteiger partial charge in [-0.3, -0.25) is 4.79 Å². The van der Waals surface area contributed by atoms with Gasteiger partial charge in [-0.25, -0.2) is 0 Å². The van der Waals surface area contributed by atoms with Gasteiger partial charge in [-0.15, -0.1) is 0 Å². The van der Waals surface area contributed by atoms with Gasteiger partial charge in [0.25, 0.3) is 0 Å². The molecular formula is C14H13BrO3S. The number of furan rings is 1. The molecule has 0 atom stereocenters. The number of halogens is 1. The third-order valence-electron chi connectivity index (χ3n) is 2.49. The Labute approximate surface area is 124 Å². The third-order valence-corrected chi connectivity index (χ3v) is 4.01. The summed E-state index contributed by atoms with van der Waals surface area (Å²) in [5.74, 6) is 2.24. The molecule has 1 heterocycles. The van der Waals surface area contributed by atoms with E-state index in [1.54, 1.807) is 11.8 Å². The molecular weight excluding hydrogens is 328 g/mol. The normalized spacial score (nSPS) is 10.6. The molecule has 0 amide bonds. The predicted molar refractivity (Wildman–Crippen MR) is 80.3 cm³/mol. The van der Waals surface area contributed by atoms with Crippen LogP contribution in [0, 0.1) is 0 Å². The van der Waals surface area contributed by atoms with E-state index in [1.807, 2.05) is 36.4 Å². The fourth-order valence-electron chi connectivity index (χ4n) is 1.56. The number of carboxylic acids is 1. The van der Waals surface area contributed by atoms with Crippen LogP contribution in [0.25, 0.3) is 11.3 Å². The second-order valence-corrected chi connectivity index (χ2v) is 5.99. The van der Waals surface area contributed by atoms with Crippen molar-refractivity contribution in [2.45, 2.75) is 12.2 Å². The molecule has 1 aromatic heterocycles. The minimum atomic E-state index is -0.762. The number of carbonyl (C=O) groups is 1. The Morgan fingerprint density at radius 1 is 1.21 bits per heavy atom. The Bertz CT molecular complexity index is 548. The van der Waals surface area contributed by atoms with Crippen LogP contribution >= 0.6 is 27.7 Å². The van der Waals surface area contributed by atoms with Crippen LogP contribution in [0.1, 0.15) is 12.2 Å². The van der Waals surface area contributed by atoms with E-state index in [0.717, 1.165) is 21.6 Å². The molecule has 0 unspecified atom stereocenters. The van der Waals surface area contributed by atoms with Crippen molar-refractivity contribution in [1.29, 1.82) is 0 Å². The second kappa shape index (κ2) is 6.82. The van der Waals surface area contributed by atoms with Crippen LogP contribution in [0.4, 0.5) is 0 Å².